The van der Waals surface area contributed by atoms with Crippen LogP contribution in [0.15, 0.2) is 6.07 Å². The molecule has 0 aromatic carbocycles. The minimum Gasteiger partial charge on any atom is -0.256 e. The molecule has 1 aromatic rings. The SMILES string of the molecule is CC(C)c1cc(C#N)c(C(C)C)nc1C(C)C. The molecule has 2 nitrogen and oxygen atoms in total. The third kappa shape index (κ3) is 2.85. The summed E-state index contributed by atoms with van der Waals surface area (Å²) in [6.07, 6.45) is 0. The molecule has 17 heavy (non-hydrogen) atoms. The number of aromatic nitrogens is 1. The molecule has 2 heteroatoms. The summed E-state index contributed by atoms with van der Waals surface area (Å²) in [5.74, 6) is 1.11. The fraction of sp³-hybridized carbons (Fsp3) is 0.600. The van der Waals surface area contributed by atoms with Gasteiger partial charge in [-0.3, -0.25) is 4.98 Å². The van der Waals surface area contributed by atoms with Crippen LogP contribution in [0.4, 0.5) is 0 Å². The number of nitrogens with zero attached hydrogens (tertiary/aromatic N) is 2. The monoisotopic (exact) mass is 230 g/mol. The van der Waals surface area contributed by atoms with Crippen LogP contribution in [-0.2, 0) is 0 Å². The van der Waals surface area contributed by atoms with E-state index in [1.165, 1.54) is 5.56 Å². The highest BCUT2D eigenvalue weighted by molar-refractivity contribution is 5.42. The lowest BCUT2D eigenvalue weighted by molar-refractivity contribution is 0.723. The van der Waals surface area contributed by atoms with Crippen molar-refractivity contribution >= 4 is 0 Å². The molecular weight excluding hydrogens is 208 g/mol. The van der Waals surface area contributed by atoms with E-state index in [2.05, 4.69) is 47.6 Å². The largest absolute Gasteiger partial charge is 0.256 e. The summed E-state index contributed by atoms with van der Waals surface area (Å²) in [6.45, 7) is 12.8. The second-order valence-corrected chi connectivity index (χ2v) is 5.47. The van der Waals surface area contributed by atoms with Crippen molar-refractivity contribution in [2.45, 2.75) is 59.3 Å². The van der Waals surface area contributed by atoms with Crippen LogP contribution in [0, 0.1) is 11.3 Å². The van der Waals surface area contributed by atoms with Crippen LogP contribution in [0.1, 0.15) is 81.8 Å². The van der Waals surface area contributed by atoms with Gasteiger partial charge in [0.25, 0.3) is 0 Å². The van der Waals surface area contributed by atoms with Crippen molar-refractivity contribution in [1.29, 1.82) is 5.26 Å². The van der Waals surface area contributed by atoms with Crippen molar-refractivity contribution in [2.24, 2.45) is 0 Å². The lowest BCUT2D eigenvalue weighted by Gasteiger charge is -2.18. The smallest absolute Gasteiger partial charge is 0.101 e. The van der Waals surface area contributed by atoms with Crippen LogP contribution < -0.4 is 0 Å². The minimum atomic E-state index is 0.295. The first-order valence-corrected chi connectivity index (χ1v) is 6.33. The van der Waals surface area contributed by atoms with Gasteiger partial charge in [0.15, 0.2) is 0 Å². The minimum absolute atomic E-state index is 0.295. The van der Waals surface area contributed by atoms with Crippen molar-refractivity contribution in [2.75, 3.05) is 0 Å². The van der Waals surface area contributed by atoms with E-state index in [0.717, 1.165) is 17.0 Å². The third-order valence-electron chi connectivity index (χ3n) is 2.95. The highest BCUT2D eigenvalue weighted by atomic mass is 14.7. The highest BCUT2D eigenvalue weighted by Gasteiger charge is 2.17. The fourth-order valence-electron chi connectivity index (χ4n) is 2.01. The van der Waals surface area contributed by atoms with Gasteiger partial charge in [-0.25, -0.2) is 0 Å². The van der Waals surface area contributed by atoms with Crippen molar-refractivity contribution in [3.05, 3.63) is 28.6 Å². The molecule has 0 saturated heterocycles. The van der Waals surface area contributed by atoms with Gasteiger partial charge in [-0.15, -0.1) is 0 Å². The summed E-state index contributed by atoms with van der Waals surface area (Å²) in [5, 5.41) is 9.21. The molecule has 0 bridgehead atoms. The summed E-state index contributed by atoms with van der Waals surface area (Å²) in [6, 6.07) is 4.31. The highest BCUT2D eigenvalue weighted by Crippen LogP contribution is 2.28. The van der Waals surface area contributed by atoms with Crippen LogP contribution in [0.2, 0.25) is 0 Å². The molecule has 0 N–H and O–H groups in total. The predicted octanol–water partition coefficient (Wildman–Crippen LogP) is 4.32. The Morgan fingerprint density at radius 2 is 1.47 bits per heavy atom. The Kier molecular flexibility index (Phi) is 4.28. The van der Waals surface area contributed by atoms with Crippen LogP contribution in [0.25, 0.3) is 0 Å². The standard InChI is InChI=1S/C15H22N2/c1-9(2)13-7-12(8-16)14(10(3)4)17-15(13)11(5)6/h7,9-11H,1-6H3. The lowest BCUT2D eigenvalue weighted by atomic mass is 9.91. The Bertz CT molecular complexity index is 437. The number of pyridine rings is 1. The summed E-state index contributed by atoms with van der Waals surface area (Å²) < 4.78 is 0. The number of rotatable bonds is 3. The van der Waals surface area contributed by atoms with Crippen molar-refractivity contribution < 1.29 is 0 Å². The van der Waals surface area contributed by atoms with Gasteiger partial charge in [0.1, 0.15) is 6.07 Å². The molecule has 0 saturated carbocycles. The van der Waals surface area contributed by atoms with Crippen LogP contribution in [0.3, 0.4) is 0 Å². The van der Waals surface area contributed by atoms with Gasteiger partial charge in [-0.05, 0) is 29.4 Å². The zero-order valence-electron chi connectivity index (χ0n) is 11.7. The van der Waals surface area contributed by atoms with Gasteiger partial charge in [0.05, 0.1) is 11.3 Å². The first-order valence-electron chi connectivity index (χ1n) is 6.33. The summed E-state index contributed by atoms with van der Waals surface area (Å²) in [4.78, 5) is 4.74. The molecule has 92 valence electrons. The lowest BCUT2D eigenvalue weighted by Crippen LogP contribution is -2.08. The molecule has 0 spiro atoms. The van der Waals surface area contributed by atoms with E-state index in [-0.39, 0.29) is 0 Å². The van der Waals surface area contributed by atoms with E-state index in [4.69, 9.17) is 4.98 Å². The Hall–Kier alpha value is -1.36. The van der Waals surface area contributed by atoms with Gasteiger partial charge < -0.3 is 0 Å². The van der Waals surface area contributed by atoms with Crippen molar-refractivity contribution in [3.63, 3.8) is 0 Å². The molecule has 0 aliphatic rings. The molecule has 1 heterocycles. The van der Waals surface area contributed by atoms with Crippen molar-refractivity contribution in [1.82, 2.24) is 4.98 Å². The Morgan fingerprint density at radius 1 is 0.941 bits per heavy atom. The maximum atomic E-state index is 9.21. The zero-order valence-corrected chi connectivity index (χ0v) is 11.7. The van der Waals surface area contributed by atoms with Crippen molar-refractivity contribution in [3.8, 4) is 6.07 Å². The summed E-state index contributed by atoms with van der Waals surface area (Å²) >= 11 is 0. The molecule has 1 rings (SSSR count). The van der Waals surface area contributed by atoms with Crippen LogP contribution in [-0.4, -0.2) is 4.98 Å². The normalized spacial score (nSPS) is 11.3. The molecule has 0 amide bonds. The van der Waals surface area contributed by atoms with Crippen LogP contribution >= 0.6 is 0 Å². The molecular formula is C15H22N2. The molecule has 0 fully saturated rings. The van der Waals surface area contributed by atoms with E-state index >= 15 is 0 Å². The van der Waals surface area contributed by atoms with Gasteiger partial charge in [-0.1, -0.05) is 41.5 Å². The first-order chi connectivity index (χ1) is 7.88. The average Bonchev–Trinajstić information content (AvgIpc) is 2.26. The van der Waals surface area contributed by atoms with Gasteiger partial charge in [0, 0.05) is 5.69 Å². The van der Waals surface area contributed by atoms with Crippen LogP contribution in [0.5, 0.6) is 0 Å². The van der Waals surface area contributed by atoms with Gasteiger partial charge in [-0.2, -0.15) is 5.26 Å². The third-order valence-corrected chi connectivity index (χ3v) is 2.95. The fourth-order valence-corrected chi connectivity index (χ4v) is 2.01. The Labute approximate surface area is 105 Å². The van der Waals surface area contributed by atoms with E-state index in [1.54, 1.807) is 0 Å². The Morgan fingerprint density at radius 3 is 1.82 bits per heavy atom. The zero-order chi connectivity index (χ0) is 13.2. The molecule has 0 aliphatic carbocycles. The van der Waals surface area contributed by atoms with Gasteiger partial charge >= 0.3 is 0 Å². The summed E-state index contributed by atoms with van der Waals surface area (Å²) in [7, 11) is 0. The number of nitriles is 1. The molecule has 1 aromatic heterocycles. The van der Waals surface area contributed by atoms with E-state index in [0.29, 0.717) is 17.8 Å². The second-order valence-electron chi connectivity index (χ2n) is 5.47. The molecule has 0 radical (unpaired) electrons. The topological polar surface area (TPSA) is 36.7 Å². The molecule has 0 atom stereocenters. The summed E-state index contributed by atoms with van der Waals surface area (Å²) in [5.41, 5.74) is 4.01. The quantitative estimate of drug-likeness (QED) is 0.775. The number of hydrogen-bond donors (Lipinski definition) is 0. The average molecular weight is 230 g/mol. The van der Waals surface area contributed by atoms with E-state index < -0.39 is 0 Å². The van der Waals surface area contributed by atoms with Gasteiger partial charge in [0.2, 0.25) is 0 Å². The maximum Gasteiger partial charge on any atom is 0.101 e. The number of hydrogen-bond acceptors (Lipinski definition) is 2. The maximum absolute atomic E-state index is 9.21. The molecule has 0 unspecified atom stereocenters. The molecule has 0 aliphatic heterocycles. The Balaban J connectivity index is 3.49. The van der Waals surface area contributed by atoms with E-state index in [1.807, 2.05) is 6.07 Å². The first kappa shape index (κ1) is 13.7. The van der Waals surface area contributed by atoms with E-state index in [9.17, 15) is 5.26 Å². The predicted molar refractivity (Wildman–Crippen MR) is 71.2 cm³/mol. The second kappa shape index (κ2) is 5.31.